The van der Waals surface area contributed by atoms with Crippen LogP contribution in [-0.4, -0.2) is 12.9 Å². The molecule has 0 amide bonds. The van der Waals surface area contributed by atoms with Crippen LogP contribution in [0.15, 0.2) is 90.5 Å². The maximum atomic E-state index is 12.6. The Labute approximate surface area is 177 Å². The van der Waals surface area contributed by atoms with Crippen LogP contribution in [0.1, 0.15) is 41.3 Å². The second-order valence-electron chi connectivity index (χ2n) is 7.41. The van der Waals surface area contributed by atoms with Crippen molar-refractivity contribution in [2.45, 2.75) is 19.8 Å². The van der Waals surface area contributed by atoms with Gasteiger partial charge in [0.1, 0.15) is 17.2 Å². The molecule has 1 aliphatic carbocycles. The van der Waals surface area contributed by atoms with E-state index in [0.717, 1.165) is 24.3 Å². The highest BCUT2D eigenvalue weighted by molar-refractivity contribution is 6.09. The summed E-state index contributed by atoms with van der Waals surface area (Å²) in [6.45, 7) is 2.17. The summed E-state index contributed by atoms with van der Waals surface area (Å²) in [4.78, 5) is 12.6. The normalized spacial score (nSPS) is 13.3. The monoisotopic (exact) mass is 396 g/mol. The zero-order chi connectivity index (χ0) is 20.9. The van der Waals surface area contributed by atoms with Crippen molar-refractivity contribution in [1.82, 2.24) is 0 Å². The SMILES string of the molecule is COc1ccc(C(=O)c2ccc(Oc3ccc(C4=CC=C(C)CC4)cc3)cc2)cc1. The summed E-state index contributed by atoms with van der Waals surface area (Å²) in [5.41, 5.74) is 5.25. The average molecular weight is 396 g/mol. The largest absolute Gasteiger partial charge is 0.497 e. The van der Waals surface area contributed by atoms with Gasteiger partial charge in [-0.15, -0.1) is 0 Å². The number of ketones is 1. The molecule has 0 aliphatic heterocycles. The number of methoxy groups -OCH3 is 1. The third-order valence-electron chi connectivity index (χ3n) is 5.29. The summed E-state index contributed by atoms with van der Waals surface area (Å²) in [7, 11) is 1.61. The van der Waals surface area contributed by atoms with Crippen molar-refractivity contribution in [2.24, 2.45) is 0 Å². The van der Waals surface area contributed by atoms with E-state index >= 15 is 0 Å². The second kappa shape index (κ2) is 8.83. The van der Waals surface area contributed by atoms with Gasteiger partial charge >= 0.3 is 0 Å². The molecular weight excluding hydrogens is 372 g/mol. The summed E-state index contributed by atoms with van der Waals surface area (Å²) >= 11 is 0. The number of rotatable bonds is 6. The van der Waals surface area contributed by atoms with Crippen molar-refractivity contribution in [2.75, 3.05) is 7.11 Å². The van der Waals surface area contributed by atoms with Crippen LogP contribution in [0, 0.1) is 0 Å². The lowest BCUT2D eigenvalue weighted by Crippen LogP contribution is -2.01. The molecule has 0 spiro atoms. The van der Waals surface area contributed by atoms with Gasteiger partial charge in [0.2, 0.25) is 0 Å². The Hall–Kier alpha value is -3.59. The topological polar surface area (TPSA) is 35.5 Å². The number of benzene rings is 3. The first-order valence-electron chi connectivity index (χ1n) is 10.1. The van der Waals surface area contributed by atoms with E-state index in [1.54, 1.807) is 43.5 Å². The Morgan fingerprint density at radius 3 is 1.73 bits per heavy atom. The van der Waals surface area contributed by atoms with Gasteiger partial charge in [-0.05, 0) is 91.6 Å². The summed E-state index contributed by atoms with van der Waals surface area (Å²) in [6.07, 6.45) is 6.59. The smallest absolute Gasteiger partial charge is 0.193 e. The molecule has 0 unspecified atom stereocenters. The Morgan fingerprint density at radius 2 is 1.23 bits per heavy atom. The maximum absolute atomic E-state index is 12.6. The van der Waals surface area contributed by atoms with Crippen LogP contribution in [0.4, 0.5) is 0 Å². The fraction of sp³-hybridized carbons (Fsp3) is 0.148. The van der Waals surface area contributed by atoms with Gasteiger partial charge in [0, 0.05) is 11.1 Å². The van der Waals surface area contributed by atoms with Crippen molar-refractivity contribution in [3.63, 3.8) is 0 Å². The van der Waals surface area contributed by atoms with E-state index in [1.807, 2.05) is 24.3 Å². The molecule has 0 heterocycles. The van der Waals surface area contributed by atoms with Crippen LogP contribution in [0.25, 0.3) is 5.57 Å². The molecule has 4 rings (SSSR count). The Morgan fingerprint density at radius 1 is 0.700 bits per heavy atom. The molecule has 1 aliphatic rings. The van der Waals surface area contributed by atoms with Crippen LogP contribution in [-0.2, 0) is 0 Å². The number of allylic oxidation sites excluding steroid dienone is 4. The number of hydrogen-bond acceptors (Lipinski definition) is 3. The molecule has 0 aromatic heterocycles. The molecule has 0 fully saturated rings. The van der Waals surface area contributed by atoms with Crippen molar-refractivity contribution in [3.8, 4) is 17.2 Å². The van der Waals surface area contributed by atoms with Crippen molar-refractivity contribution >= 4 is 11.4 Å². The zero-order valence-corrected chi connectivity index (χ0v) is 17.2. The molecule has 0 saturated carbocycles. The molecule has 3 heteroatoms. The maximum Gasteiger partial charge on any atom is 0.193 e. The Bertz CT molecular complexity index is 1090. The zero-order valence-electron chi connectivity index (χ0n) is 17.2. The molecular formula is C27H24O3. The average Bonchev–Trinajstić information content (AvgIpc) is 2.80. The third kappa shape index (κ3) is 4.52. The Kier molecular flexibility index (Phi) is 5.80. The molecule has 3 aromatic carbocycles. The van der Waals surface area contributed by atoms with Gasteiger partial charge in [0.15, 0.2) is 5.78 Å². The van der Waals surface area contributed by atoms with E-state index in [1.165, 1.54) is 16.7 Å². The van der Waals surface area contributed by atoms with Gasteiger partial charge < -0.3 is 9.47 Å². The number of hydrogen-bond donors (Lipinski definition) is 0. The lowest BCUT2D eigenvalue weighted by molar-refractivity contribution is 0.103. The van der Waals surface area contributed by atoms with Crippen molar-refractivity contribution in [1.29, 1.82) is 0 Å². The minimum Gasteiger partial charge on any atom is -0.497 e. The molecule has 0 saturated heterocycles. The highest BCUT2D eigenvalue weighted by atomic mass is 16.5. The lowest BCUT2D eigenvalue weighted by atomic mass is 9.94. The standard InChI is InChI=1S/C27H24O3/c1-19-3-5-20(6-4-19)21-7-15-25(16-8-21)30-26-17-11-23(12-18-26)27(28)22-9-13-24(29-2)14-10-22/h3,5,7-18H,4,6H2,1-2H3. The molecule has 0 N–H and O–H groups in total. The molecule has 0 radical (unpaired) electrons. The quantitative estimate of drug-likeness (QED) is 0.428. The van der Waals surface area contributed by atoms with Gasteiger partial charge in [-0.2, -0.15) is 0 Å². The van der Waals surface area contributed by atoms with Gasteiger partial charge in [-0.1, -0.05) is 29.9 Å². The number of ether oxygens (including phenoxy) is 2. The van der Waals surface area contributed by atoms with E-state index in [0.29, 0.717) is 16.9 Å². The first-order chi connectivity index (χ1) is 14.6. The summed E-state index contributed by atoms with van der Waals surface area (Å²) in [5, 5.41) is 0. The van der Waals surface area contributed by atoms with Crippen LogP contribution in [0.5, 0.6) is 17.2 Å². The number of carbonyl (C=O) groups is 1. The minimum absolute atomic E-state index is 0.0291. The molecule has 0 bridgehead atoms. The van der Waals surface area contributed by atoms with Crippen LogP contribution in [0.3, 0.4) is 0 Å². The van der Waals surface area contributed by atoms with Crippen LogP contribution in [0.2, 0.25) is 0 Å². The predicted octanol–water partition coefficient (Wildman–Crippen LogP) is 6.84. The molecule has 0 atom stereocenters. The fourth-order valence-corrected chi connectivity index (χ4v) is 3.44. The van der Waals surface area contributed by atoms with E-state index in [9.17, 15) is 4.79 Å². The summed E-state index contributed by atoms with van der Waals surface area (Å²) < 4.78 is 11.1. The first-order valence-corrected chi connectivity index (χ1v) is 10.1. The third-order valence-corrected chi connectivity index (χ3v) is 5.29. The molecule has 30 heavy (non-hydrogen) atoms. The molecule has 3 aromatic rings. The van der Waals surface area contributed by atoms with Gasteiger partial charge in [-0.25, -0.2) is 0 Å². The van der Waals surface area contributed by atoms with Crippen molar-refractivity contribution in [3.05, 3.63) is 107 Å². The molecule has 3 nitrogen and oxygen atoms in total. The van der Waals surface area contributed by atoms with Gasteiger partial charge in [0.25, 0.3) is 0 Å². The second-order valence-corrected chi connectivity index (χ2v) is 7.41. The summed E-state index contributed by atoms with van der Waals surface area (Å²) in [5.74, 6) is 2.17. The van der Waals surface area contributed by atoms with E-state index in [4.69, 9.17) is 9.47 Å². The van der Waals surface area contributed by atoms with Crippen LogP contribution >= 0.6 is 0 Å². The minimum atomic E-state index is -0.0291. The van der Waals surface area contributed by atoms with Crippen LogP contribution < -0.4 is 9.47 Å². The lowest BCUT2D eigenvalue weighted by Gasteiger charge is -2.13. The Balaban J connectivity index is 1.42. The van der Waals surface area contributed by atoms with E-state index in [2.05, 4.69) is 31.2 Å². The highest BCUT2D eigenvalue weighted by Crippen LogP contribution is 2.29. The fourth-order valence-electron chi connectivity index (χ4n) is 3.44. The van der Waals surface area contributed by atoms with Gasteiger partial charge in [-0.3, -0.25) is 4.79 Å². The van der Waals surface area contributed by atoms with E-state index < -0.39 is 0 Å². The predicted molar refractivity (Wildman–Crippen MR) is 120 cm³/mol. The first kappa shape index (κ1) is 19.7. The summed E-state index contributed by atoms with van der Waals surface area (Å²) in [6, 6.07) is 22.5. The molecule has 150 valence electrons. The van der Waals surface area contributed by atoms with Gasteiger partial charge in [0.05, 0.1) is 7.11 Å². The van der Waals surface area contributed by atoms with Crippen molar-refractivity contribution < 1.29 is 14.3 Å². The number of carbonyl (C=O) groups excluding carboxylic acids is 1. The van der Waals surface area contributed by atoms with E-state index in [-0.39, 0.29) is 5.78 Å². The highest BCUT2D eigenvalue weighted by Gasteiger charge is 2.10.